The molecule has 1 aliphatic carbocycles. The first kappa shape index (κ1) is 19.5. The minimum absolute atomic E-state index is 0.0576. The lowest BCUT2D eigenvalue weighted by atomic mass is 9.78. The van der Waals surface area contributed by atoms with Gasteiger partial charge in [0.15, 0.2) is 11.7 Å². The Labute approximate surface area is 155 Å². The molecule has 3 atom stereocenters. The van der Waals surface area contributed by atoms with Gasteiger partial charge in [0.25, 0.3) is 5.91 Å². The van der Waals surface area contributed by atoms with Crippen molar-refractivity contribution in [1.29, 1.82) is 0 Å². The number of amides is 1. The Morgan fingerprint density at radius 1 is 1.20 bits per heavy atom. The fourth-order valence-corrected chi connectivity index (χ4v) is 3.33. The van der Waals surface area contributed by atoms with Crippen molar-refractivity contribution in [2.24, 2.45) is 11.8 Å². The molecule has 1 aromatic carbocycles. The number of hydrazine groups is 1. The number of rotatable bonds is 5. The highest BCUT2D eigenvalue weighted by molar-refractivity contribution is 7.80. The molecule has 1 aromatic rings. The van der Waals surface area contributed by atoms with Gasteiger partial charge in [0, 0.05) is 6.04 Å². The number of aryl methyl sites for hydroxylation is 1. The van der Waals surface area contributed by atoms with Crippen molar-refractivity contribution in [3.8, 4) is 5.75 Å². The second-order valence-electron chi connectivity index (χ2n) is 6.81. The average Bonchev–Trinajstić information content (AvgIpc) is 2.62. The first-order chi connectivity index (χ1) is 12.0. The van der Waals surface area contributed by atoms with E-state index in [1.54, 1.807) is 0 Å². The number of ether oxygens (including phenoxy) is 1. The van der Waals surface area contributed by atoms with Crippen LogP contribution < -0.4 is 20.9 Å². The molecule has 0 spiro atoms. The average molecular weight is 364 g/mol. The van der Waals surface area contributed by atoms with Crippen molar-refractivity contribution in [2.45, 2.75) is 52.5 Å². The van der Waals surface area contributed by atoms with Gasteiger partial charge in [-0.2, -0.15) is 0 Å². The predicted molar refractivity (Wildman–Crippen MR) is 104 cm³/mol. The molecule has 138 valence electrons. The zero-order valence-electron chi connectivity index (χ0n) is 15.3. The van der Waals surface area contributed by atoms with E-state index in [2.05, 4.69) is 36.9 Å². The van der Waals surface area contributed by atoms with E-state index < -0.39 is 0 Å². The Bertz CT molecular complexity index is 577. The van der Waals surface area contributed by atoms with E-state index >= 15 is 0 Å². The fourth-order valence-electron chi connectivity index (χ4n) is 3.12. The maximum Gasteiger partial charge on any atom is 0.276 e. The van der Waals surface area contributed by atoms with Gasteiger partial charge in [-0.15, -0.1) is 0 Å². The van der Waals surface area contributed by atoms with Crippen molar-refractivity contribution in [1.82, 2.24) is 16.2 Å². The van der Waals surface area contributed by atoms with Crippen LogP contribution in [-0.4, -0.2) is 23.7 Å². The van der Waals surface area contributed by atoms with E-state index in [0.717, 1.165) is 12.8 Å². The van der Waals surface area contributed by atoms with Gasteiger partial charge in [0.2, 0.25) is 0 Å². The number of thiocarbonyl (C=S) groups is 1. The topological polar surface area (TPSA) is 62.4 Å². The minimum atomic E-state index is -0.270. The lowest BCUT2D eigenvalue weighted by Gasteiger charge is -2.35. The van der Waals surface area contributed by atoms with E-state index in [9.17, 15) is 4.79 Å². The van der Waals surface area contributed by atoms with Crippen molar-refractivity contribution in [3.05, 3.63) is 29.8 Å². The van der Waals surface area contributed by atoms with Gasteiger partial charge in [-0.05, 0) is 54.6 Å². The lowest BCUT2D eigenvalue weighted by molar-refractivity contribution is -0.123. The third-order valence-electron chi connectivity index (χ3n) is 5.04. The standard InChI is InChI=1S/C19H29N3O2S/c1-4-15-8-10-16(11-9-15)24-12-18(23)21-22-19(25)20-17-7-5-6-13(2)14(17)3/h8-11,13-14,17H,4-7,12H2,1-3H3,(H,21,23)(H2,20,22,25)/t13-,14+,17-/m1/s1. The zero-order chi connectivity index (χ0) is 18.2. The molecule has 0 radical (unpaired) electrons. The van der Waals surface area contributed by atoms with Crippen LogP contribution in [0, 0.1) is 11.8 Å². The molecule has 0 saturated heterocycles. The monoisotopic (exact) mass is 363 g/mol. The molecule has 2 rings (SSSR count). The molecule has 1 aliphatic rings. The Morgan fingerprint density at radius 2 is 1.92 bits per heavy atom. The number of benzene rings is 1. The van der Waals surface area contributed by atoms with E-state index in [1.807, 2.05) is 24.3 Å². The second-order valence-corrected chi connectivity index (χ2v) is 7.21. The Balaban J connectivity index is 1.67. The Kier molecular flexibility index (Phi) is 7.50. The van der Waals surface area contributed by atoms with Crippen LogP contribution >= 0.6 is 12.2 Å². The zero-order valence-corrected chi connectivity index (χ0v) is 16.1. The van der Waals surface area contributed by atoms with E-state index in [1.165, 1.54) is 18.4 Å². The van der Waals surface area contributed by atoms with Gasteiger partial charge in [0.05, 0.1) is 0 Å². The molecule has 1 fully saturated rings. The third-order valence-corrected chi connectivity index (χ3v) is 5.26. The summed E-state index contributed by atoms with van der Waals surface area (Å²) in [5.74, 6) is 1.67. The molecule has 1 amide bonds. The van der Waals surface area contributed by atoms with Crippen LogP contribution in [0.5, 0.6) is 5.75 Å². The summed E-state index contributed by atoms with van der Waals surface area (Å²) in [6.45, 7) is 6.57. The minimum Gasteiger partial charge on any atom is -0.484 e. The van der Waals surface area contributed by atoms with Crippen LogP contribution in [0.15, 0.2) is 24.3 Å². The number of hydrogen-bond acceptors (Lipinski definition) is 3. The Hall–Kier alpha value is -1.82. The largest absolute Gasteiger partial charge is 0.484 e. The smallest absolute Gasteiger partial charge is 0.276 e. The summed E-state index contributed by atoms with van der Waals surface area (Å²) in [7, 11) is 0. The summed E-state index contributed by atoms with van der Waals surface area (Å²) in [5, 5.41) is 3.76. The van der Waals surface area contributed by atoms with Crippen molar-refractivity contribution >= 4 is 23.2 Å². The van der Waals surface area contributed by atoms with Crippen molar-refractivity contribution in [3.63, 3.8) is 0 Å². The molecule has 5 nitrogen and oxygen atoms in total. The number of hydrogen-bond donors (Lipinski definition) is 3. The first-order valence-electron chi connectivity index (χ1n) is 9.06. The summed E-state index contributed by atoms with van der Waals surface area (Å²) in [5.41, 5.74) is 6.57. The third kappa shape index (κ3) is 6.20. The van der Waals surface area contributed by atoms with Gasteiger partial charge in [-0.1, -0.05) is 45.7 Å². The molecule has 0 unspecified atom stereocenters. The number of nitrogens with one attached hydrogen (secondary N) is 3. The molecular formula is C19H29N3O2S. The molecule has 0 aromatic heterocycles. The molecule has 0 bridgehead atoms. The highest BCUT2D eigenvalue weighted by atomic mass is 32.1. The van der Waals surface area contributed by atoms with Crippen LogP contribution in [0.4, 0.5) is 0 Å². The van der Waals surface area contributed by atoms with Crippen LogP contribution in [0.25, 0.3) is 0 Å². The van der Waals surface area contributed by atoms with Crippen molar-refractivity contribution in [2.75, 3.05) is 6.61 Å². The highest BCUT2D eigenvalue weighted by Crippen LogP contribution is 2.29. The van der Waals surface area contributed by atoms with Gasteiger partial charge in [0.1, 0.15) is 5.75 Å². The lowest BCUT2D eigenvalue weighted by Crippen LogP contribution is -2.53. The Morgan fingerprint density at radius 3 is 2.60 bits per heavy atom. The number of carbonyl (C=O) groups is 1. The molecule has 6 heteroatoms. The van der Waals surface area contributed by atoms with Crippen LogP contribution in [0.3, 0.4) is 0 Å². The van der Waals surface area contributed by atoms with Gasteiger partial charge in [-0.25, -0.2) is 0 Å². The first-order valence-corrected chi connectivity index (χ1v) is 9.47. The maximum atomic E-state index is 11.9. The fraction of sp³-hybridized carbons (Fsp3) is 0.579. The maximum absolute atomic E-state index is 11.9. The molecule has 0 aliphatic heterocycles. The summed E-state index contributed by atoms with van der Waals surface area (Å²) in [6.07, 6.45) is 4.57. The summed E-state index contributed by atoms with van der Waals surface area (Å²) < 4.78 is 5.46. The van der Waals surface area contributed by atoms with E-state index in [0.29, 0.717) is 28.7 Å². The summed E-state index contributed by atoms with van der Waals surface area (Å²) in [4.78, 5) is 11.9. The molecular weight excluding hydrogens is 334 g/mol. The van der Waals surface area contributed by atoms with E-state index in [4.69, 9.17) is 17.0 Å². The van der Waals surface area contributed by atoms with Crippen LogP contribution in [0.2, 0.25) is 0 Å². The summed E-state index contributed by atoms with van der Waals surface area (Å²) in [6, 6.07) is 8.09. The second kappa shape index (κ2) is 9.61. The van der Waals surface area contributed by atoms with Crippen LogP contribution in [-0.2, 0) is 11.2 Å². The van der Waals surface area contributed by atoms with Crippen LogP contribution in [0.1, 0.15) is 45.6 Å². The van der Waals surface area contributed by atoms with E-state index in [-0.39, 0.29) is 12.5 Å². The van der Waals surface area contributed by atoms with Gasteiger partial charge < -0.3 is 10.1 Å². The number of carbonyl (C=O) groups excluding carboxylic acids is 1. The molecule has 1 saturated carbocycles. The molecule has 0 heterocycles. The molecule has 3 N–H and O–H groups in total. The van der Waals surface area contributed by atoms with Crippen molar-refractivity contribution < 1.29 is 9.53 Å². The summed E-state index contributed by atoms with van der Waals surface area (Å²) >= 11 is 5.27. The normalized spacial score (nSPS) is 22.8. The highest BCUT2D eigenvalue weighted by Gasteiger charge is 2.27. The SMILES string of the molecule is CCc1ccc(OCC(=O)NNC(=S)N[C@@H]2CCC[C@@H](C)[C@@H]2C)cc1. The predicted octanol–water partition coefficient (Wildman–Crippen LogP) is 2.95. The molecule has 25 heavy (non-hydrogen) atoms. The van der Waals surface area contributed by atoms with Gasteiger partial charge >= 0.3 is 0 Å². The van der Waals surface area contributed by atoms with Gasteiger partial charge in [-0.3, -0.25) is 15.6 Å². The quantitative estimate of drug-likeness (QED) is 0.555.